The third kappa shape index (κ3) is 7.15. The van der Waals surface area contributed by atoms with Crippen LogP contribution >= 0.6 is 0 Å². The molecule has 0 unspecified atom stereocenters. The fraction of sp³-hybridized carbons (Fsp3) is 0.355. The number of aliphatic hydroxyl groups excluding tert-OH is 1. The van der Waals surface area contributed by atoms with Gasteiger partial charge in [0.15, 0.2) is 0 Å². The van der Waals surface area contributed by atoms with Crippen LogP contribution in [0.25, 0.3) is 11.1 Å². The quantitative estimate of drug-likeness (QED) is 0.414. The van der Waals surface area contributed by atoms with Crippen molar-refractivity contribution in [2.45, 2.75) is 30.9 Å². The monoisotopic (exact) mass is 612 g/mol. The molecule has 0 radical (unpaired) electrons. The number of fused-ring (bicyclic) bond motifs is 1. The molecule has 0 saturated carbocycles. The first-order valence-corrected chi connectivity index (χ1v) is 15.3. The number of amides is 3. The molecule has 1 aliphatic heterocycles. The molecule has 43 heavy (non-hydrogen) atoms. The van der Waals surface area contributed by atoms with Crippen LogP contribution < -0.4 is 10.1 Å². The summed E-state index contributed by atoms with van der Waals surface area (Å²) in [7, 11) is 0.846. The molecule has 0 bridgehead atoms. The average Bonchev–Trinajstić information content (AvgIpc) is 2.98. The van der Waals surface area contributed by atoms with Gasteiger partial charge in [0.25, 0.3) is 5.91 Å². The van der Waals surface area contributed by atoms with Gasteiger partial charge in [-0.25, -0.2) is 17.6 Å². The summed E-state index contributed by atoms with van der Waals surface area (Å²) in [6.45, 7) is 3.24. The molecule has 0 aromatic heterocycles. The zero-order chi connectivity index (χ0) is 31.5. The summed E-state index contributed by atoms with van der Waals surface area (Å²) in [6, 6.07) is 16.0. The van der Waals surface area contributed by atoms with Crippen molar-refractivity contribution in [3.05, 3.63) is 78.1 Å². The number of sulfonamides is 1. The van der Waals surface area contributed by atoms with E-state index in [0.29, 0.717) is 22.4 Å². The Kier molecular flexibility index (Phi) is 9.73. The summed E-state index contributed by atoms with van der Waals surface area (Å²) in [5, 5.41) is 12.6. The Morgan fingerprint density at radius 2 is 1.74 bits per heavy atom. The van der Waals surface area contributed by atoms with E-state index >= 15 is 0 Å². The number of carbonyl (C=O) groups is 2. The van der Waals surface area contributed by atoms with Crippen LogP contribution in [0, 0.1) is 11.7 Å². The SMILES string of the molecule is C[C@H]1CN([C@@H](C)CO)S(=O)(=O)c2ccc(-c3cccc(C(=O)N(C)C)c3)cc2O[C@H]1CN(C)C(=O)Nc1ccc(F)cc1. The minimum atomic E-state index is -4.07. The van der Waals surface area contributed by atoms with E-state index < -0.39 is 34.0 Å². The van der Waals surface area contributed by atoms with Gasteiger partial charge in [0.2, 0.25) is 10.0 Å². The lowest BCUT2D eigenvalue weighted by Crippen LogP contribution is -2.50. The van der Waals surface area contributed by atoms with E-state index in [1.807, 2.05) is 13.0 Å². The number of ether oxygens (including phenoxy) is 1. The van der Waals surface area contributed by atoms with E-state index in [2.05, 4.69) is 5.32 Å². The van der Waals surface area contributed by atoms with E-state index in [4.69, 9.17) is 4.74 Å². The molecule has 12 heteroatoms. The van der Waals surface area contributed by atoms with E-state index in [1.54, 1.807) is 58.4 Å². The number of hydrogen-bond donors (Lipinski definition) is 2. The first-order valence-electron chi connectivity index (χ1n) is 13.8. The second-order valence-electron chi connectivity index (χ2n) is 11.0. The Bertz CT molecular complexity index is 1580. The van der Waals surface area contributed by atoms with Gasteiger partial charge in [0, 0.05) is 50.9 Å². The zero-order valence-electron chi connectivity index (χ0n) is 24.8. The number of urea groups is 1. The first-order chi connectivity index (χ1) is 20.3. The van der Waals surface area contributed by atoms with E-state index in [-0.39, 0.29) is 42.2 Å². The normalized spacial score (nSPS) is 18.8. The molecule has 0 saturated heterocycles. The summed E-state index contributed by atoms with van der Waals surface area (Å²) in [6.07, 6.45) is -0.636. The zero-order valence-corrected chi connectivity index (χ0v) is 25.6. The maximum atomic E-state index is 13.8. The Morgan fingerprint density at radius 3 is 2.40 bits per heavy atom. The number of halogens is 1. The minimum Gasteiger partial charge on any atom is -0.487 e. The summed E-state index contributed by atoms with van der Waals surface area (Å²) >= 11 is 0. The highest BCUT2D eigenvalue weighted by molar-refractivity contribution is 7.89. The van der Waals surface area contributed by atoms with Gasteiger partial charge in [-0.2, -0.15) is 4.31 Å². The van der Waals surface area contributed by atoms with Crippen molar-refractivity contribution in [1.82, 2.24) is 14.1 Å². The second-order valence-corrected chi connectivity index (χ2v) is 12.9. The van der Waals surface area contributed by atoms with Gasteiger partial charge in [-0.1, -0.05) is 25.1 Å². The summed E-state index contributed by atoms with van der Waals surface area (Å²) in [5.74, 6) is -0.881. The topological polar surface area (TPSA) is 119 Å². The molecule has 2 N–H and O–H groups in total. The molecule has 10 nitrogen and oxygen atoms in total. The number of hydrogen-bond acceptors (Lipinski definition) is 6. The molecular formula is C31H37FN4O6S. The molecule has 3 amide bonds. The lowest BCUT2D eigenvalue weighted by Gasteiger charge is -2.37. The third-order valence-electron chi connectivity index (χ3n) is 7.41. The van der Waals surface area contributed by atoms with Crippen molar-refractivity contribution in [2.24, 2.45) is 5.92 Å². The van der Waals surface area contributed by atoms with Crippen LogP contribution in [0.15, 0.2) is 71.6 Å². The standard InChI is InChI=1S/C31H37FN4O6S/c1-20-17-36(21(2)19-37)43(40,41)29-14-9-23(22-7-6-8-24(15-22)30(38)34(3)4)16-27(29)42-28(20)18-35(5)31(39)33-26-12-10-25(32)11-13-26/h6-16,20-21,28,37H,17-19H2,1-5H3,(H,33,39)/t20-,21-,28-/m0/s1. The summed E-state index contributed by atoms with van der Waals surface area (Å²) in [4.78, 5) is 28.4. The average molecular weight is 613 g/mol. The minimum absolute atomic E-state index is 0.0536. The molecular weight excluding hydrogens is 575 g/mol. The van der Waals surface area contributed by atoms with Crippen molar-refractivity contribution in [1.29, 1.82) is 0 Å². The molecule has 3 aromatic rings. The van der Waals surface area contributed by atoms with Crippen molar-refractivity contribution in [2.75, 3.05) is 46.2 Å². The highest BCUT2D eigenvalue weighted by Crippen LogP contribution is 2.37. The molecule has 3 atom stereocenters. The molecule has 3 aromatic carbocycles. The Hall–Kier alpha value is -4.00. The second kappa shape index (κ2) is 13.1. The maximum absolute atomic E-state index is 13.8. The largest absolute Gasteiger partial charge is 0.487 e. The van der Waals surface area contributed by atoms with Gasteiger partial charge >= 0.3 is 6.03 Å². The summed E-state index contributed by atoms with van der Waals surface area (Å²) < 4.78 is 48.6. The number of carbonyl (C=O) groups excluding carboxylic acids is 2. The van der Waals surface area contributed by atoms with Crippen LogP contribution in [0.2, 0.25) is 0 Å². The lowest BCUT2D eigenvalue weighted by atomic mass is 10.0. The number of anilines is 1. The van der Waals surface area contributed by atoms with Crippen molar-refractivity contribution >= 4 is 27.6 Å². The van der Waals surface area contributed by atoms with Crippen LogP contribution in [0.4, 0.5) is 14.9 Å². The Morgan fingerprint density at radius 1 is 1.07 bits per heavy atom. The van der Waals surface area contributed by atoms with Crippen LogP contribution in [0.1, 0.15) is 24.2 Å². The molecule has 1 heterocycles. The van der Waals surface area contributed by atoms with Crippen molar-refractivity contribution < 1.29 is 32.2 Å². The summed E-state index contributed by atoms with van der Waals surface area (Å²) in [5.41, 5.74) is 2.23. The molecule has 0 aliphatic carbocycles. The van der Waals surface area contributed by atoms with Crippen LogP contribution in [0.3, 0.4) is 0 Å². The van der Waals surface area contributed by atoms with E-state index in [1.165, 1.54) is 44.4 Å². The molecule has 0 spiro atoms. The number of nitrogens with zero attached hydrogens (tertiary/aromatic N) is 3. The fourth-order valence-corrected chi connectivity index (χ4v) is 6.64. The first kappa shape index (κ1) is 31.9. The number of benzene rings is 3. The van der Waals surface area contributed by atoms with Gasteiger partial charge in [0.1, 0.15) is 22.6 Å². The molecule has 230 valence electrons. The number of nitrogens with one attached hydrogen (secondary N) is 1. The smallest absolute Gasteiger partial charge is 0.321 e. The number of aliphatic hydroxyl groups is 1. The Balaban J connectivity index is 1.71. The fourth-order valence-electron chi connectivity index (χ4n) is 4.82. The van der Waals surface area contributed by atoms with Gasteiger partial charge in [-0.15, -0.1) is 0 Å². The highest BCUT2D eigenvalue weighted by atomic mass is 32.2. The molecule has 1 aliphatic rings. The van der Waals surface area contributed by atoms with Gasteiger partial charge in [-0.3, -0.25) is 4.79 Å². The van der Waals surface area contributed by atoms with E-state index in [9.17, 15) is 27.5 Å². The predicted molar refractivity (Wildman–Crippen MR) is 162 cm³/mol. The van der Waals surface area contributed by atoms with Gasteiger partial charge in [-0.05, 0) is 66.6 Å². The maximum Gasteiger partial charge on any atom is 0.321 e. The van der Waals surface area contributed by atoms with Gasteiger partial charge < -0.3 is 25.0 Å². The molecule has 4 rings (SSSR count). The highest BCUT2D eigenvalue weighted by Gasteiger charge is 2.38. The van der Waals surface area contributed by atoms with E-state index in [0.717, 1.165) is 0 Å². The third-order valence-corrected chi connectivity index (χ3v) is 9.43. The van der Waals surface area contributed by atoms with Crippen LogP contribution in [-0.2, 0) is 10.0 Å². The Labute approximate surface area is 251 Å². The lowest BCUT2D eigenvalue weighted by molar-refractivity contribution is 0.0827. The molecule has 0 fully saturated rings. The van der Waals surface area contributed by atoms with Crippen molar-refractivity contribution in [3.63, 3.8) is 0 Å². The van der Waals surface area contributed by atoms with Crippen molar-refractivity contribution in [3.8, 4) is 16.9 Å². The van der Waals surface area contributed by atoms with Gasteiger partial charge in [0.05, 0.1) is 13.2 Å². The number of likely N-dealkylation sites (N-methyl/N-ethyl adjacent to an activating group) is 1. The van der Waals surface area contributed by atoms with Crippen LogP contribution in [-0.4, -0.2) is 92.6 Å². The predicted octanol–water partition coefficient (Wildman–Crippen LogP) is 4.13. The van der Waals surface area contributed by atoms with Crippen LogP contribution in [0.5, 0.6) is 5.75 Å². The number of rotatable bonds is 7.